The van der Waals surface area contributed by atoms with Crippen molar-refractivity contribution in [2.75, 3.05) is 0 Å². The SMILES string of the molecule is Cn1cc(C=C2Cc3c(O)cc(O)cc3O2)c2c(-c3ccccc3F)cccc21. The average Bonchev–Trinajstić information content (AvgIpc) is 3.23. The standard InChI is InChI=1S/C24H18FNO3/c1-26-13-14(9-16-12-19-22(28)10-15(27)11-23(19)29-16)24-18(6-4-8-21(24)26)17-5-2-3-7-20(17)25/h2-11,13,27-28H,12H2,1H3. The zero-order valence-corrected chi connectivity index (χ0v) is 15.7. The van der Waals surface area contributed by atoms with Crippen LogP contribution in [0.5, 0.6) is 17.2 Å². The van der Waals surface area contributed by atoms with Gasteiger partial charge in [0.25, 0.3) is 0 Å². The summed E-state index contributed by atoms with van der Waals surface area (Å²) in [4.78, 5) is 0. The van der Waals surface area contributed by atoms with Gasteiger partial charge in [-0.3, -0.25) is 0 Å². The number of fused-ring (bicyclic) bond motifs is 2. The Kier molecular flexibility index (Phi) is 3.84. The molecule has 1 aliphatic heterocycles. The molecular weight excluding hydrogens is 369 g/mol. The van der Waals surface area contributed by atoms with Gasteiger partial charge in [-0.15, -0.1) is 0 Å². The molecule has 2 heterocycles. The first-order valence-corrected chi connectivity index (χ1v) is 9.27. The zero-order valence-electron chi connectivity index (χ0n) is 15.7. The lowest BCUT2D eigenvalue weighted by Crippen LogP contribution is -1.89. The van der Waals surface area contributed by atoms with Crippen molar-refractivity contribution in [3.8, 4) is 28.4 Å². The maximum atomic E-state index is 14.5. The molecule has 0 aliphatic carbocycles. The Morgan fingerprint density at radius 3 is 2.66 bits per heavy atom. The summed E-state index contributed by atoms with van der Waals surface area (Å²) in [6.07, 6.45) is 4.30. The van der Waals surface area contributed by atoms with E-state index in [0.717, 1.165) is 22.0 Å². The average molecular weight is 387 g/mol. The van der Waals surface area contributed by atoms with Crippen LogP contribution >= 0.6 is 0 Å². The Morgan fingerprint density at radius 2 is 1.83 bits per heavy atom. The number of benzene rings is 3. The number of allylic oxidation sites excluding steroid dienone is 1. The molecule has 29 heavy (non-hydrogen) atoms. The van der Waals surface area contributed by atoms with Crippen molar-refractivity contribution >= 4 is 17.0 Å². The second kappa shape index (κ2) is 6.41. The third-order valence-corrected chi connectivity index (χ3v) is 5.29. The fourth-order valence-corrected chi connectivity index (χ4v) is 3.98. The van der Waals surface area contributed by atoms with Crippen LogP contribution in [0.2, 0.25) is 0 Å². The Hall–Kier alpha value is -3.73. The van der Waals surface area contributed by atoms with Crippen LogP contribution in [0.4, 0.5) is 4.39 Å². The van der Waals surface area contributed by atoms with E-state index in [1.807, 2.05) is 48.2 Å². The Balaban J connectivity index is 1.66. The number of rotatable bonds is 2. The molecule has 2 N–H and O–H groups in total. The Bertz CT molecular complexity index is 1300. The largest absolute Gasteiger partial charge is 0.508 e. The smallest absolute Gasteiger partial charge is 0.137 e. The highest BCUT2D eigenvalue weighted by atomic mass is 19.1. The fourth-order valence-electron chi connectivity index (χ4n) is 3.98. The van der Waals surface area contributed by atoms with Crippen LogP contribution < -0.4 is 4.74 Å². The van der Waals surface area contributed by atoms with E-state index in [1.54, 1.807) is 12.1 Å². The molecule has 3 aromatic carbocycles. The van der Waals surface area contributed by atoms with Gasteiger partial charge in [0.2, 0.25) is 0 Å². The van der Waals surface area contributed by atoms with E-state index in [1.165, 1.54) is 18.2 Å². The summed E-state index contributed by atoms with van der Waals surface area (Å²) in [6.45, 7) is 0. The van der Waals surface area contributed by atoms with Gasteiger partial charge in [0, 0.05) is 59.4 Å². The summed E-state index contributed by atoms with van der Waals surface area (Å²) >= 11 is 0. The monoisotopic (exact) mass is 387 g/mol. The molecule has 0 fully saturated rings. The van der Waals surface area contributed by atoms with Crippen LogP contribution in [0.25, 0.3) is 28.1 Å². The first-order chi connectivity index (χ1) is 14.0. The van der Waals surface area contributed by atoms with Gasteiger partial charge in [-0.2, -0.15) is 0 Å². The summed E-state index contributed by atoms with van der Waals surface area (Å²) in [5.41, 5.74) is 3.87. The summed E-state index contributed by atoms with van der Waals surface area (Å²) < 4.78 is 22.4. The molecule has 0 bridgehead atoms. The van der Waals surface area contributed by atoms with Crippen molar-refractivity contribution in [2.45, 2.75) is 6.42 Å². The molecule has 144 valence electrons. The lowest BCUT2D eigenvalue weighted by atomic mass is 9.98. The molecule has 1 aliphatic rings. The second-order valence-corrected chi connectivity index (χ2v) is 7.21. The van der Waals surface area contributed by atoms with Crippen molar-refractivity contribution < 1.29 is 19.3 Å². The van der Waals surface area contributed by atoms with E-state index in [4.69, 9.17) is 4.74 Å². The van der Waals surface area contributed by atoms with Gasteiger partial charge in [-0.1, -0.05) is 30.3 Å². The van der Waals surface area contributed by atoms with Gasteiger partial charge in [0.1, 0.15) is 28.8 Å². The van der Waals surface area contributed by atoms with Crippen molar-refractivity contribution in [1.82, 2.24) is 4.57 Å². The molecule has 0 atom stereocenters. The minimum Gasteiger partial charge on any atom is -0.508 e. The second-order valence-electron chi connectivity index (χ2n) is 7.21. The molecule has 4 aromatic rings. The molecule has 0 spiro atoms. The van der Waals surface area contributed by atoms with Crippen LogP contribution in [-0.2, 0) is 13.5 Å². The predicted octanol–water partition coefficient (Wildman–Crippen LogP) is 5.37. The lowest BCUT2D eigenvalue weighted by Gasteiger charge is -2.07. The van der Waals surface area contributed by atoms with E-state index in [2.05, 4.69) is 0 Å². The molecule has 5 rings (SSSR count). The number of phenols is 2. The number of hydrogen-bond acceptors (Lipinski definition) is 3. The molecule has 0 saturated carbocycles. The number of halogens is 1. The van der Waals surface area contributed by atoms with E-state index >= 15 is 0 Å². The number of phenolic OH excluding ortho intramolecular Hbond substituents is 2. The maximum Gasteiger partial charge on any atom is 0.137 e. The Morgan fingerprint density at radius 1 is 1.03 bits per heavy atom. The van der Waals surface area contributed by atoms with Gasteiger partial charge < -0.3 is 19.5 Å². The third-order valence-electron chi connectivity index (χ3n) is 5.29. The maximum absolute atomic E-state index is 14.5. The van der Waals surface area contributed by atoms with Crippen LogP contribution in [0.1, 0.15) is 11.1 Å². The summed E-state index contributed by atoms with van der Waals surface area (Å²) in [5.74, 6) is 0.787. The highest BCUT2D eigenvalue weighted by Gasteiger charge is 2.23. The highest BCUT2D eigenvalue weighted by molar-refractivity contribution is 6.01. The van der Waals surface area contributed by atoms with Gasteiger partial charge >= 0.3 is 0 Å². The minimum atomic E-state index is -0.271. The third kappa shape index (κ3) is 2.83. The van der Waals surface area contributed by atoms with Gasteiger partial charge in [-0.05, 0) is 23.8 Å². The molecule has 4 nitrogen and oxygen atoms in total. The minimum absolute atomic E-state index is 0.00775. The van der Waals surface area contributed by atoms with Crippen molar-refractivity contribution in [1.29, 1.82) is 0 Å². The molecular formula is C24H18FNO3. The zero-order chi connectivity index (χ0) is 20.1. The van der Waals surface area contributed by atoms with Crippen molar-refractivity contribution in [3.63, 3.8) is 0 Å². The number of hydrogen-bond donors (Lipinski definition) is 2. The van der Waals surface area contributed by atoms with E-state index < -0.39 is 0 Å². The number of aromatic hydroxyl groups is 2. The van der Waals surface area contributed by atoms with Crippen LogP contribution in [0, 0.1) is 5.82 Å². The molecule has 0 radical (unpaired) electrons. The number of aryl methyl sites for hydroxylation is 1. The normalized spacial score (nSPS) is 14.3. The summed E-state index contributed by atoms with van der Waals surface area (Å²) in [7, 11) is 1.95. The lowest BCUT2D eigenvalue weighted by molar-refractivity contribution is 0.430. The first kappa shape index (κ1) is 17.4. The topological polar surface area (TPSA) is 54.6 Å². The molecule has 0 saturated heterocycles. The summed E-state index contributed by atoms with van der Waals surface area (Å²) in [6, 6.07) is 15.4. The van der Waals surface area contributed by atoms with Gasteiger partial charge in [0.05, 0.1) is 0 Å². The predicted molar refractivity (Wildman–Crippen MR) is 110 cm³/mol. The van der Waals surface area contributed by atoms with E-state index in [9.17, 15) is 14.6 Å². The van der Waals surface area contributed by atoms with Crippen LogP contribution in [0.3, 0.4) is 0 Å². The van der Waals surface area contributed by atoms with E-state index in [-0.39, 0.29) is 17.3 Å². The number of nitrogens with zero attached hydrogens (tertiary/aromatic N) is 1. The molecule has 5 heteroatoms. The quantitative estimate of drug-likeness (QED) is 0.486. The molecule has 1 aromatic heterocycles. The summed E-state index contributed by atoms with van der Waals surface area (Å²) in [5, 5.41) is 20.7. The van der Waals surface area contributed by atoms with E-state index in [0.29, 0.717) is 29.1 Å². The first-order valence-electron chi connectivity index (χ1n) is 9.27. The van der Waals surface area contributed by atoms with Crippen molar-refractivity contribution in [3.05, 3.63) is 83.5 Å². The van der Waals surface area contributed by atoms with Gasteiger partial charge in [-0.25, -0.2) is 4.39 Å². The molecule has 0 unspecified atom stereocenters. The van der Waals surface area contributed by atoms with Crippen molar-refractivity contribution in [2.24, 2.45) is 7.05 Å². The number of aromatic nitrogens is 1. The van der Waals surface area contributed by atoms with Gasteiger partial charge in [0.15, 0.2) is 0 Å². The molecule has 0 amide bonds. The highest BCUT2D eigenvalue weighted by Crippen LogP contribution is 2.41. The van der Waals surface area contributed by atoms with Crippen LogP contribution in [-0.4, -0.2) is 14.8 Å². The van der Waals surface area contributed by atoms with Crippen LogP contribution in [0.15, 0.2) is 66.6 Å². The number of ether oxygens (including phenoxy) is 1. The Labute approximate surface area is 166 Å². The fraction of sp³-hybridized carbons (Fsp3) is 0.0833.